The van der Waals surface area contributed by atoms with Crippen LogP contribution in [0.1, 0.15) is 5.56 Å². The van der Waals surface area contributed by atoms with E-state index in [1.165, 1.54) is 12.4 Å². The van der Waals surface area contributed by atoms with Gasteiger partial charge in [-0.15, -0.1) is 4.99 Å². The van der Waals surface area contributed by atoms with Gasteiger partial charge in [-0.1, -0.05) is 30.3 Å². The van der Waals surface area contributed by atoms with Crippen LogP contribution in [0.25, 0.3) is 0 Å². The normalized spacial score (nSPS) is 11.0. The van der Waals surface area contributed by atoms with Gasteiger partial charge in [0.1, 0.15) is 6.61 Å². The number of aliphatic imine (C=N–C) groups is 1. The molecule has 1 aromatic heterocycles. The molecule has 0 unspecified atom stereocenters. The number of nitrogens with one attached hydrogen (secondary N) is 1. The van der Waals surface area contributed by atoms with Gasteiger partial charge < -0.3 is 9.84 Å². The van der Waals surface area contributed by atoms with E-state index in [0.717, 1.165) is 10.2 Å². The number of nitrogens with zero attached hydrogens (tertiary/aromatic N) is 3. The molecule has 2 rings (SSSR count). The molecule has 0 fully saturated rings. The summed E-state index contributed by atoms with van der Waals surface area (Å²) in [5.74, 6) is -0.259. The van der Waals surface area contributed by atoms with Crippen molar-refractivity contribution in [3.8, 4) is 0 Å². The Labute approximate surface area is 119 Å². The number of ether oxygens (including phenoxy) is 1. The minimum Gasteiger partial charge on any atom is -0.463 e. The Kier molecular flexibility index (Phi) is 4.65. The van der Waals surface area contributed by atoms with E-state index in [9.17, 15) is 9.59 Å². The van der Waals surface area contributed by atoms with E-state index in [0.29, 0.717) is 0 Å². The van der Waals surface area contributed by atoms with Gasteiger partial charge in [-0.05, 0) is 11.6 Å². The van der Waals surface area contributed by atoms with Crippen LogP contribution < -0.4 is 5.32 Å². The fraction of sp³-hybridized carbons (Fsp3) is 0.0769. The molecule has 0 bridgehead atoms. The van der Waals surface area contributed by atoms with Crippen molar-refractivity contribution >= 4 is 18.1 Å². The first kappa shape index (κ1) is 14.3. The van der Waals surface area contributed by atoms with E-state index in [-0.39, 0.29) is 12.6 Å². The quantitative estimate of drug-likeness (QED) is 0.646. The van der Waals surface area contributed by atoms with Crippen LogP contribution in [0, 0.1) is 0 Å². The molecule has 0 aliphatic carbocycles. The summed E-state index contributed by atoms with van der Waals surface area (Å²) in [5.41, 5.74) is 0.809. The Balaban J connectivity index is 1.97. The second kappa shape index (κ2) is 6.85. The third kappa shape index (κ3) is 4.46. The van der Waals surface area contributed by atoms with E-state index in [2.05, 4.69) is 15.4 Å². The molecule has 8 nitrogen and oxygen atoms in total. The predicted molar refractivity (Wildman–Crippen MR) is 72.8 cm³/mol. The molecule has 108 valence electrons. The molecule has 0 saturated heterocycles. The lowest BCUT2D eigenvalue weighted by Crippen LogP contribution is -2.37. The smallest absolute Gasteiger partial charge is 0.434 e. The van der Waals surface area contributed by atoms with E-state index in [1.54, 1.807) is 18.2 Å². The van der Waals surface area contributed by atoms with Crippen molar-refractivity contribution in [3.63, 3.8) is 0 Å². The van der Waals surface area contributed by atoms with E-state index < -0.39 is 12.2 Å². The van der Waals surface area contributed by atoms with Crippen LogP contribution >= 0.6 is 0 Å². The van der Waals surface area contributed by atoms with E-state index >= 15 is 0 Å². The van der Waals surface area contributed by atoms with Crippen molar-refractivity contribution < 1.29 is 19.4 Å². The molecule has 2 amide bonds. The molecule has 0 saturated carbocycles. The van der Waals surface area contributed by atoms with Gasteiger partial charge in [0.05, 0.1) is 0 Å². The molecule has 0 atom stereocenters. The van der Waals surface area contributed by atoms with Crippen LogP contribution in [0.3, 0.4) is 0 Å². The Hall–Kier alpha value is -3.16. The Morgan fingerprint density at radius 3 is 2.67 bits per heavy atom. The summed E-state index contributed by atoms with van der Waals surface area (Å²) >= 11 is 0. The lowest BCUT2D eigenvalue weighted by molar-refractivity contribution is 0.144. The van der Waals surface area contributed by atoms with Crippen LogP contribution in [0.4, 0.5) is 9.59 Å². The number of carbonyl (C=O) groups is 2. The van der Waals surface area contributed by atoms with E-state index in [4.69, 9.17) is 9.84 Å². The van der Waals surface area contributed by atoms with Gasteiger partial charge in [-0.25, -0.2) is 14.3 Å². The Morgan fingerprint density at radius 2 is 2.05 bits per heavy atom. The predicted octanol–water partition coefficient (Wildman–Crippen LogP) is 1.69. The molecule has 0 aliphatic heterocycles. The largest absolute Gasteiger partial charge is 0.463 e. The van der Waals surface area contributed by atoms with Gasteiger partial charge >= 0.3 is 12.2 Å². The van der Waals surface area contributed by atoms with Crippen molar-refractivity contribution in [2.45, 2.75) is 6.61 Å². The molecule has 0 radical (unpaired) electrons. The van der Waals surface area contributed by atoms with Crippen molar-refractivity contribution in [2.75, 3.05) is 0 Å². The number of carboxylic acid groups (broad SMARTS) is 1. The lowest BCUT2D eigenvalue weighted by Gasteiger charge is -2.08. The zero-order valence-corrected chi connectivity index (χ0v) is 10.8. The van der Waals surface area contributed by atoms with Gasteiger partial charge in [0.25, 0.3) is 0 Å². The number of alkyl carbamates (subject to hydrolysis) is 1. The fourth-order valence-corrected chi connectivity index (χ4v) is 1.47. The van der Waals surface area contributed by atoms with Crippen LogP contribution in [-0.4, -0.2) is 33.0 Å². The zero-order chi connectivity index (χ0) is 15.1. The van der Waals surface area contributed by atoms with Crippen molar-refractivity contribution in [2.24, 2.45) is 4.99 Å². The summed E-state index contributed by atoms with van der Waals surface area (Å²) in [6.07, 6.45) is 0.589. The lowest BCUT2D eigenvalue weighted by atomic mass is 10.2. The fourth-order valence-electron chi connectivity index (χ4n) is 1.47. The number of amides is 2. The number of aromatic nitrogens is 2. The third-order valence-corrected chi connectivity index (χ3v) is 2.35. The summed E-state index contributed by atoms with van der Waals surface area (Å²) < 4.78 is 6.08. The second-order valence-electron chi connectivity index (χ2n) is 3.86. The van der Waals surface area contributed by atoms with Crippen LogP contribution in [0.15, 0.2) is 53.8 Å². The standard InChI is InChI=1S/C13H12N4O4/c18-12(19)15-11(17-8-4-7-14-17)16-13(20)21-9-10-5-2-1-3-6-10/h1-8H,9H2,(H,18,19)(H,15,16,20). The summed E-state index contributed by atoms with van der Waals surface area (Å²) in [5, 5.41) is 14.7. The highest BCUT2D eigenvalue weighted by Crippen LogP contribution is 2.00. The monoisotopic (exact) mass is 288 g/mol. The zero-order valence-electron chi connectivity index (χ0n) is 10.8. The minimum absolute atomic E-state index is 0.0616. The van der Waals surface area contributed by atoms with Crippen molar-refractivity contribution in [3.05, 3.63) is 54.4 Å². The molecule has 2 N–H and O–H groups in total. The number of hydrogen-bond donors (Lipinski definition) is 2. The first-order valence-corrected chi connectivity index (χ1v) is 5.94. The van der Waals surface area contributed by atoms with Gasteiger partial charge in [0.15, 0.2) is 0 Å². The second-order valence-corrected chi connectivity index (χ2v) is 3.86. The van der Waals surface area contributed by atoms with Crippen molar-refractivity contribution in [1.29, 1.82) is 0 Å². The number of benzene rings is 1. The van der Waals surface area contributed by atoms with Gasteiger partial charge in [0.2, 0.25) is 5.96 Å². The molecular weight excluding hydrogens is 276 g/mol. The topological polar surface area (TPSA) is 106 Å². The maximum absolute atomic E-state index is 11.7. The number of carbonyl (C=O) groups excluding carboxylic acids is 1. The minimum atomic E-state index is -1.45. The molecule has 1 heterocycles. The molecular formula is C13H12N4O4. The van der Waals surface area contributed by atoms with Crippen LogP contribution in [-0.2, 0) is 11.3 Å². The highest BCUT2D eigenvalue weighted by molar-refractivity contribution is 5.99. The van der Waals surface area contributed by atoms with Gasteiger partial charge in [-0.2, -0.15) is 5.10 Å². The third-order valence-electron chi connectivity index (χ3n) is 2.35. The Bertz CT molecular complexity index is 637. The summed E-state index contributed by atoms with van der Waals surface area (Å²) in [6.45, 7) is 0.0616. The van der Waals surface area contributed by atoms with Gasteiger partial charge in [-0.3, -0.25) is 5.32 Å². The molecule has 21 heavy (non-hydrogen) atoms. The number of hydrogen-bond acceptors (Lipinski definition) is 4. The summed E-state index contributed by atoms with van der Waals surface area (Å²) in [7, 11) is 0. The molecule has 2 aromatic rings. The molecule has 8 heteroatoms. The molecule has 0 spiro atoms. The average molecular weight is 288 g/mol. The Morgan fingerprint density at radius 1 is 1.29 bits per heavy atom. The van der Waals surface area contributed by atoms with Gasteiger partial charge in [0, 0.05) is 12.4 Å². The molecule has 0 aliphatic rings. The van der Waals surface area contributed by atoms with Crippen LogP contribution in [0.5, 0.6) is 0 Å². The van der Waals surface area contributed by atoms with E-state index in [1.807, 2.05) is 18.2 Å². The summed E-state index contributed by atoms with van der Waals surface area (Å²) in [6, 6.07) is 10.6. The van der Waals surface area contributed by atoms with Crippen molar-refractivity contribution in [1.82, 2.24) is 15.1 Å². The summed E-state index contributed by atoms with van der Waals surface area (Å²) in [4.78, 5) is 25.5. The first-order chi connectivity index (χ1) is 10.1. The first-order valence-electron chi connectivity index (χ1n) is 5.94. The molecule has 1 aromatic carbocycles. The number of rotatable bonds is 2. The maximum Gasteiger partial charge on any atom is 0.434 e. The SMILES string of the molecule is O=C(O)N=C(NC(=O)OCc1ccccc1)n1cccn1. The van der Waals surface area contributed by atoms with Crippen LogP contribution in [0.2, 0.25) is 0 Å². The highest BCUT2D eigenvalue weighted by atomic mass is 16.5. The maximum atomic E-state index is 11.7. The average Bonchev–Trinajstić information content (AvgIpc) is 2.99. The highest BCUT2D eigenvalue weighted by Gasteiger charge is 2.11.